The van der Waals surface area contributed by atoms with E-state index in [2.05, 4.69) is 0 Å². The SMILES string of the molecule is O=C1C(=CC=Cc2ccccc2)Oc2cc(OCc3c(Cl)cccc3Cl)ccc21. The molecule has 3 aromatic carbocycles. The Kier molecular flexibility index (Phi) is 5.70. The lowest BCUT2D eigenvalue weighted by Gasteiger charge is -2.10. The van der Waals surface area contributed by atoms with Crippen molar-refractivity contribution in [3.05, 3.63) is 111 Å². The number of fused-ring (bicyclic) bond motifs is 1. The third-order valence-corrected chi connectivity index (χ3v) is 5.13. The van der Waals surface area contributed by atoms with Crippen LogP contribution in [0.3, 0.4) is 0 Å². The molecule has 0 atom stereocenters. The molecule has 144 valence electrons. The van der Waals surface area contributed by atoms with Gasteiger partial charge in [-0.25, -0.2) is 0 Å². The lowest BCUT2D eigenvalue weighted by atomic mass is 10.1. The fourth-order valence-corrected chi connectivity index (χ4v) is 3.41. The molecule has 0 fully saturated rings. The van der Waals surface area contributed by atoms with Crippen molar-refractivity contribution in [2.45, 2.75) is 6.61 Å². The van der Waals surface area contributed by atoms with Gasteiger partial charge in [0, 0.05) is 21.7 Å². The van der Waals surface area contributed by atoms with Gasteiger partial charge in [0.2, 0.25) is 5.78 Å². The number of halogens is 2. The van der Waals surface area contributed by atoms with Crippen molar-refractivity contribution in [3.8, 4) is 11.5 Å². The molecule has 0 bridgehead atoms. The molecule has 0 spiro atoms. The highest BCUT2D eigenvalue weighted by Crippen LogP contribution is 2.35. The van der Waals surface area contributed by atoms with E-state index in [0.29, 0.717) is 32.7 Å². The van der Waals surface area contributed by atoms with Crippen LogP contribution in [-0.4, -0.2) is 5.78 Å². The summed E-state index contributed by atoms with van der Waals surface area (Å²) >= 11 is 12.3. The second-order valence-corrected chi connectivity index (χ2v) is 7.19. The van der Waals surface area contributed by atoms with Crippen LogP contribution in [0.4, 0.5) is 0 Å². The monoisotopic (exact) mass is 422 g/mol. The van der Waals surface area contributed by atoms with Gasteiger partial charge in [0.05, 0.1) is 5.56 Å². The van der Waals surface area contributed by atoms with Gasteiger partial charge in [0.15, 0.2) is 5.76 Å². The van der Waals surface area contributed by atoms with Gasteiger partial charge < -0.3 is 9.47 Å². The zero-order valence-corrected chi connectivity index (χ0v) is 16.8. The normalized spacial score (nSPS) is 14.3. The summed E-state index contributed by atoms with van der Waals surface area (Å²) in [5.41, 5.74) is 2.26. The summed E-state index contributed by atoms with van der Waals surface area (Å²) in [5.74, 6) is 1.16. The minimum absolute atomic E-state index is 0.154. The predicted octanol–water partition coefficient (Wildman–Crippen LogP) is 6.74. The van der Waals surface area contributed by atoms with E-state index in [1.54, 1.807) is 48.6 Å². The highest BCUT2D eigenvalue weighted by atomic mass is 35.5. The number of carbonyl (C=O) groups excluding carboxylic acids is 1. The third-order valence-electron chi connectivity index (χ3n) is 4.42. The van der Waals surface area contributed by atoms with E-state index in [1.807, 2.05) is 36.4 Å². The Labute approximate surface area is 178 Å². The summed E-state index contributed by atoms with van der Waals surface area (Å²) in [6.07, 6.45) is 5.37. The van der Waals surface area contributed by atoms with Crippen molar-refractivity contribution in [1.82, 2.24) is 0 Å². The third kappa shape index (κ3) is 4.37. The summed E-state index contributed by atoms with van der Waals surface area (Å²) in [5, 5.41) is 1.08. The van der Waals surface area contributed by atoms with Gasteiger partial charge in [-0.3, -0.25) is 4.79 Å². The number of Topliss-reactive ketones (excluding diaryl/α,β-unsaturated/α-hetero) is 1. The quantitative estimate of drug-likeness (QED) is 0.426. The topological polar surface area (TPSA) is 35.5 Å². The van der Waals surface area contributed by atoms with Gasteiger partial charge in [-0.1, -0.05) is 71.8 Å². The van der Waals surface area contributed by atoms with Crippen LogP contribution in [0.15, 0.2) is 84.6 Å². The van der Waals surface area contributed by atoms with E-state index in [1.165, 1.54) is 0 Å². The molecule has 0 saturated heterocycles. The molecule has 3 aromatic rings. The Morgan fingerprint density at radius 3 is 2.45 bits per heavy atom. The van der Waals surface area contributed by atoms with Gasteiger partial charge in [0.25, 0.3) is 0 Å². The van der Waals surface area contributed by atoms with E-state index in [0.717, 1.165) is 5.56 Å². The van der Waals surface area contributed by atoms with E-state index < -0.39 is 0 Å². The molecular formula is C24H16Cl2O3. The van der Waals surface area contributed by atoms with Crippen LogP contribution in [0.2, 0.25) is 10.0 Å². The van der Waals surface area contributed by atoms with Crippen LogP contribution >= 0.6 is 23.2 Å². The standard InChI is InChI=1S/C24H16Cl2O3/c25-20-9-5-10-21(26)19(20)15-28-17-12-13-18-23(14-17)29-22(24(18)27)11-4-8-16-6-2-1-3-7-16/h1-14H,15H2. The molecular weight excluding hydrogens is 407 g/mol. The first-order chi connectivity index (χ1) is 14.1. The fraction of sp³-hybridized carbons (Fsp3) is 0.0417. The van der Waals surface area contributed by atoms with Gasteiger partial charge in [-0.05, 0) is 35.9 Å². The molecule has 0 N–H and O–H groups in total. The summed E-state index contributed by atoms with van der Waals surface area (Å²) in [6.45, 7) is 0.216. The van der Waals surface area contributed by atoms with Crippen molar-refractivity contribution < 1.29 is 14.3 Å². The molecule has 0 aliphatic carbocycles. The van der Waals surface area contributed by atoms with Crippen LogP contribution in [0.5, 0.6) is 11.5 Å². The first-order valence-electron chi connectivity index (χ1n) is 8.97. The molecule has 4 rings (SSSR count). The maximum Gasteiger partial charge on any atom is 0.231 e. The number of ether oxygens (including phenoxy) is 2. The summed E-state index contributed by atoms with van der Waals surface area (Å²) in [6, 6.07) is 20.3. The Hall–Kier alpha value is -3.01. The number of hydrogen-bond donors (Lipinski definition) is 0. The lowest BCUT2D eigenvalue weighted by Crippen LogP contribution is -1.98. The fourth-order valence-electron chi connectivity index (χ4n) is 2.91. The Morgan fingerprint density at radius 1 is 0.931 bits per heavy atom. The van der Waals surface area contributed by atoms with Gasteiger partial charge in [0.1, 0.15) is 18.1 Å². The number of carbonyl (C=O) groups is 1. The highest BCUT2D eigenvalue weighted by Gasteiger charge is 2.27. The molecule has 1 heterocycles. The molecule has 0 unspecified atom stereocenters. The number of benzene rings is 3. The van der Waals surface area contributed by atoms with Gasteiger partial charge >= 0.3 is 0 Å². The van der Waals surface area contributed by atoms with E-state index in [4.69, 9.17) is 32.7 Å². The Bertz CT molecular complexity index is 1100. The molecule has 0 aromatic heterocycles. The van der Waals surface area contributed by atoms with Crippen molar-refractivity contribution in [2.24, 2.45) is 0 Å². The molecule has 1 aliphatic rings. The zero-order valence-electron chi connectivity index (χ0n) is 15.3. The largest absolute Gasteiger partial charge is 0.489 e. The van der Waals surface area contributed by atoms with Crippen molar-refractivity contribution in [1.29, 1.82) is 0 Å². The van der Waals surface area contributed by atoms with Crippen LogP contribution in [0.25, 0.3) is 6.08 Å². The zero-order chi connectivity index (χ0) is 20.2. The summed E-state index contributed by atoms with van der Waals surface area (Å²) < 4.78 is 11.5. The maximum absolute atomic E-state index is 12.5. The average Bonchev–Trinajstić information content (AvgIpc) is 3.03. The molecule has 0 radical (unpaired) electrons. The number of ketones is 1. The minimum Gasteiger partial charge on any atom is -0.489 e. The van der Waals surface area contributed by atoms with Crippen LogP contribution in [0, 0.1) is 0 Å². The van der Waals surface area contributed by atoms with Crippen LogP contribution in [-0.2, 0) is 6.61 Å². The molecule has 5 heteroatoms. The molecule has 0 saturated carbocycles. The van der Waals surface area contributed by atoms with Crippen molar-refractivity contribution in [3.63, 3.8) is 0 Å². The van der Waals surface area contributed by atoms with Crippen molar-refractivity contribution >= 4 is 35.1 Å². The maximum atomic E-state index is 12.5. The molecule has 1 aliphatic heterocycles. The lowest BCUT2D eigenvalue weighted by molar-refractivity contribution is 0.101. The van der Waals surface area contributed by atoms with E-state index >= 15 is 0 Å². The second-order valence-electron chi connectivity index (χ2n) is 6.38. The molecule has 0 amide bonds. The Balaban J connectivity index is 1.47. The van der Waals surface area contributed by atoms with Gasteiger partial charge in [-0.15, -0.1) is 0 Å². The van der Waals surface area contributed by atoms with Crippen LogP contribution in [0.1, 0.15) is 21.5 Å². The second kappa shape index (κ2) is 8.56. The smallest absolute Gasteiger partial charge is 0.231 e. The first kappa shape index (κ1) is 19.3. The summed E-state index contributed by atoms with van der Waals surface area (Å²) in [4.78, 5) is 12.5. The van der Waals surface area contributed by atoms with Crippen molar-refractivity contribution in [2.75, 3.05) is 0 Å². The van der Waals surface area contributed by atoms with E-state index in [9.17, 15) is 4.79 Å². The highest BCUT2D eigenvalue weighted by molar-refractivity contribution is 6.35. The van der Waals surface area contributed by atoms with Crippen LogP contribution < -0.4 is 9.47 Å². The Morgan fingerprint density at radius 2 is 1.69 bits per heavy atom. The van der Waals surface area contributed by atoms with E-state index in [-0.39, 0.29) is 18.1 Å². The molecule has 29 heavy (non-hydrogen) atoms. The number of rotatable bonds is 5. The predicted molar refractivity (Wildman–Crippen MR) is 116 cm³/mol. The number of allylic oxidation sites excluding steroid dienone is 3. The van der Waals surface area contributed by atoms with Gasteiger partial charge in [-0.2, -0.15) is 0 Å². The first-order valence-corrected chi connectivity index (χ1v) is 9.73. The number of hydrogen-bond acceptors (Lipinski definition) is 3. The average molecular weight is 423 g/mol. The molecule has 3 nitrogen and oxygen atoms in total. The minimum atomic E-state index is -0.154. The summed E-state index contributed by atoms with van der Waals surface area (Å²) in [7, 11) is 0.